The van der Waals surface area contributed by atoms with Crippen molar-refractivity contribution in [2.75, 3.05) is 13.2 Å². The van der Waals surface area contributed by atoms with Crippen LogP contribution in [0.15, 0.2) is 18.2 Å². The Hall–Kier alpha value is -2.62. The summed E-state index contributed by atoms with van der Waals surface area (Å²) in [5.74, 6) is -0.243. The Bertz CT molecular complexity index is 867. The molecule has 2 heterocycles. The monoisotopic (exact) mass is 423 g/mol. The van der Waals surface area contributed by atoms with Gasteiger partial charge in [0.15, 0.2) is 18.1 Å². The van der Waals surface area contributed by atoms with Crippen LogP contribution < -0.4 is 30.2 Å². The Morgan fingerprint density at radius 1 is 1.10 bits per heavy atom. The number of hydrogen-bond acceptors (Lipinski definition) is 6. The van der Waals surface area contributed by atoms with Gasteiger partial charge in [0.25, 0.3) is 5.91 Å². The topological polar surface area (TPSA) is 97.9 Å². The Labute approximate surface area is 171 Å². The van der Waals surface area contributed by atoms with Crippen LogP contribution in [0.4, 0.5) is 8.78 Å². The van der Waals surface area contributed by atoms with Crippen molar-refractivity contribution in [2.45, 2.75) is 61.9 Å². The number of amides is 2. The number of ether oxygens (including phenoxy) is 3. The Morgan fingerprint density at radius 2 is 1.83 bits per heavy atom. The minimum atomic E-state index is -3.69. The second-order valence-corrected chi connectivity index (χ2v) is 8.70. The summed E-state index contributed by atoms with van der Waals surface area (Å²) in [6.07, 6.45) is 1.46. The molecule has 3 N–H and O–H groups in total. The van der Waals surface area contributed by atoms with Gasteiger partial charge in [0.05, 0.1) is 6.04 Å². The first-order chi connectivity index (χ1) is 14.3. The summed E-state index contributed by atoms with van der Waals surface area (Å²) in [6.45, 7) is 0.625. The number of benzene rings is 1. The fraction of sp³-hybridized carbons (Fsp3) is 0.600. The minimum Gasteiger partial charge on any atom is -0.484 e. The van der Waals surface area contributed by atoms with Crippen LogP contribution in [0.1, 0.15) is 38.5 Å². The van der Waals surface area contributed by atoms with Gasteiger partial charge >= 0.3 is 6.29 Å². The lowest BCUT2D eigenvalue weighted by atomic mass is 9.44. The number of rotatable bonds is 6. The lowest BCUT2D eigenvalue weighted by molar-refractivity contribution is -0.286. The third-order valence-corrected chi connectivity index (χ3v) is 6.19. The smallest absolute Gasteiger partial charge is 0.484 e. The molecule has 1 atom stereocenters. The van der Waals surface area contributed by atoms with Crippen LogP contribution in [0.2, 0.25) is 0 Å². The number of hydrogen-bond donors (Lipinski definition) is 3. The number of nitrogens with one attached hydrogen (secondary N) is 3. The molecule has 2 aliphatic heterocycles. The number of carbonyl (C=O) groups excluding carboxylic acids is 2. The summed E-state index contributed by atoms with van der Waals surface area (Å²) in [7, 11) is 0. The molecule has 6 rings (SSSR count). The first-order valence-electron chi connectivity index (χ1n) is 10.1. The highest BCUT2D eigenvalue weighted by Gasteiger charge is 2.69. The van der Waals surface area contributed by atoms with Gasteiger partial charge in [-0.25, -0.2) is 0 Å². The maximum absolute atomic E-state index is 13.1. The van der Waals surface area contributed by atoms with Crippen LogP contribution in [-0.2, 0) is 9.59 Å². The molecule has 8 nitrogen and oxygen atoms in total. The second kappa shape index (κ2) is 6.69. The van der Waals surface area contributed by atoms with Crippen molar-refractivity contribution in [1.82, 2.24) is 16.0 Å². The van der Waals surface area contributed by atoms with E-state index in [0.717, 1.165) is 25.8 Å². The molecule has 0 radical (unpaired) electrons. The highest BCUT2D eigenvalue weighted by molar-refractivity contribution is 5.84. The Morgan fingerprint density at radius 3 is 2.57 bits per heavy atom. The zero-order chi connectivity index (χ0) is 21.0. The summed E-state index contributed by atoms with van der Waals surface area (Å²) < 4.78 is 40.2. The molecule has 3 saturated carbocycles. The van der Waals surface area contributed by atoms with Gasteiger partial charge in [0, 0.05) is 17.1 Å². The van der Waals surface area contributed by atoms with Crippen molar-refractivity contribution in [2.24, 2.45) is 0 Å². The molecule has 0 spiro atoms. The average molecular weight is 423 g/mol. The molecule has 5 aliphatic rings. The molecule has 0 aromatic heterocycles. The molecule has 1 unspecified atom stereocenters. The fourth-order valence-corrected chi connectivity index (χ4v) is 4.98. The first-order valence-corrected chi connectivity index (χ1v) is 10.1. The Balaban J connectivity index is 1.07. The Kier molecular flexibility index (Phi) is 4.32. The molecule has 2 bridgehead atoms. The fourth-order valence-electron chi connectivity index (χ4n) is 4.98. The largest absolute Gasteiger partial charge is 0.586 e. The van der Waals surface area contributed by atoms with Gasteiger partial charge in [-0.1, -0.05) is 6.42 Å². The van der Waals surface area contributed by atoms with Crippen molar-refractivity contribution in [1.29, 1.82) is 0 Å². The maximum atomic E-state index is 13.1. The molecule has 1 aromatic rings. The van der Waals surface area contributed by atoms with Gasteiger partial charge in [-0.05, 0) is 50.8 Å². The number of fused-ring (bicyclic) bond motifs is 1. The number of piperidine rings is 1. The van der Waals surface area contributed by atoms with Crippen molar-refractivity contribution < 1.29 is 32.6 Å². The predicted octanol–water partition coefficient (Wildman–Crippen LogP) is 1.44. The van der Waals surface area contributed by atoms with Crippen molar-refractivity contribution in [3.63, 3.8) is 0 Å². The summed E-state index contributed by atoms with van der Waals surface area (Å²) in [6, 6.07) is 3.88. The van der Waals surface area contributed by atoms with Gasteiger partial charge in [0.1, 0.15) is 5.75 Å². The maximum Gasteiger partial charge on any atom is 0.586 e. The molecule has 162 valence electrons. The highest BCUT2D eigenvalue weighted by Crippen LogP contribution is 2.60. The third kappa shape index (κ3) is 3.53. The average Bonchev–Trinajstić information content (AvgIpc) is 2.97. The first kappa shape index (κ1) is 19.3. The van der Waals surface area contributed by atoms with Crippen LogP contribution in [0, 0.1) is 0 Å². The van der Waals surface area contributed by atoms with Gasteiger partial charge < -0.3 is 30.2 Å². The minimum absolute atomic E-state index is 0.0473. The lowest BCUT2D eigenvalue weighted by Crippen LogP contribution is -2.84. The van der Waals surface area contributed by atoms with E-state index in [1.54, 1.807) is 0 Å². The van der Waals surface area contributed by atoms with Gasteiger partial charge in [-0.15, -0.1) is 8.78 Å². The third-order valence-electron chi connectivity index (χ3n) is 6.19. The van der Waals surface area contributed by atoms with E-state index in [4.69, 9.17) is 4.74 Å². The molecule has 3 aliphatic carbocycles. The molecule has 4 fully saturated rings. The number of alkyl halides is 2. The quantitative estimate of drug-likeness (QED) is 0.641. The van der Waals surface area contributed by atoms with Crippen LogP contribution in [0.25, 0.3) is 0 Å². The van der Waals surface area contributed by atoms with Gasteiger partial charge in [-0.2, -0.15) is 0 Å². The zero-order valence-electron chi connectivity index (χ0n) is 16.3. The predicted molar refractivity (Wildman–Crippen MR) is 99.4 cm³/mol. The zero-order valence-corrected chi connectivity index (χ0v) is 16.3. The van der Waals surface area contributed by atoms with Crippen molar-refractivity contribution in [3.05, 3.63) is 18.2 Å². The van der Waals surface area contributed by atoms with E-state index < -0.39 is 6.29 Å². The molecule has 1 aromatic carbocycles. The number of halogens is 2. The molecule has 10 heteroatoms. The molecule has 1 saturated heterocycles. The van der Waals surface area contributed by atoms with E-state index in [-0.39, 0.29) is 52.8 Å². The van der Waals surface area contributed by atoms with Crippen LogP contribution in [0.3, 0.4) is 0 Å². The highest BCUT2D eigenvalue weighted by atomic mass is 19.3. The summed E-state index contributed by atoms with van der Waals surface area (Å²) in [5, 5.41) is 9.35. The molecular weight excluding hydrogens is 400 g/mol. The van der Waals surface area contributed by atoms with Crippen LogP contribution in [-0.4, -0.2) is 48.4 Å². The van der Waals surface area contributed by atoms with E-state index in [9.17, 15) is 18.4 Å². The van der Waals surface area contributed by atoms with E-state index >= 15 is 0 Å². The van der Waals surface area contributed by atoms with E-state index in [1.165, 1.54) is 18.2 Å². The summed E-state index contributed by atoms with van der Waals surface area (Å²) in [5.41, 5.74) is -0.489. The van der Waals surface area contributed by atoms with Gasteiger partial charge in [0.2, 0.25) is 5.91 Å². The summed E-state index contributed by atoms with van der Waals surface area (Å²) >= 11 is 0. The van der Waals surface area contributed by atoms with Crippen LogP contribution >= 0.6 is 0 Å². The van der Waals surface area contributed by atoms with Gasteiger partial charge in [-0.3, -0.25) is 9.59 Å². The molecule has 30 heavy (non-hydrogen) atoms. The van der Waals surface area contributed by atoms with E-state index in [0.29, 0.717) is 19.3 Å². The molecule has 2 amide bonds. The van der Waals surface area contributed by atoms with Crippen LogP contribution in [0.5, 0.6) is 17.2 Å². The van der Waals surface area contributed by atoms with Crippen molar-refractivity contribution >= 4 is 11.8 Å². The van der Waals surface area contributed by atoms with Crippen molar-refractivity contribution in [3.8, 4) is 17.2 Å². The number of carbonyl (C=O) groups is 2. The molecular formula is C20H23F2N3O5. The van der Waals surface area contributed by atoms with E-state index in [2.05, 4.69) is 25.4 Å². The SMILES string of the molecule is O=C(COc1ccc2c(c1)OC(F)(F)O2)NC12CC(NC(=O)C3CCCCN3)(C1)C2. The summed E-state index contributed by atoms with van der Waals surface area (Å²) in [4.78, 5) is 24.6. The lowest BCUT2D eigenvalue weighted by Gasteiger charge is -2.70. The normalized spacial score (nSPS) is 32.4. The standard InChI is InChI=1S/C20H23F2N3O5/c21-20(22)29-14-5-4-12(7-15(14)30-20)28-8-16(26)24-18-9-19(10-18,11-18)25-17(27)13-3-1-2-6-23-13/h4-5,7,13,23H,1-3,6,8-11H2,(H,24,26)(H,25,27). The second-order valence-electron chi connectivity index (χ2n) is 8.70. The van der Waals surface area contributed by atoms with E-state index in [1.807, 2.05) is 0 Å².